The van der Waals surface area contributed by atoms with Crippen molar-refractivity contribution in [3.8, 4) is 0 Å². The third-order valence-electron chi connectivity index (χ3n) is 5.91. The van der Waals surface area contributed by atoms with Crippen LogP contribution < -0.4 is 16.0 Å². The fourth-order valence-corrected chi connectivity index (χ4v) is 4.52. The molecule has 0 spiro atoms. The Bertz CT molecular complexity index is 1220. The van der Waals surface area contributed by atoms with Crippen molar-refractivity contribution in [2.24, 2.45) is 0 Å². The van der Waals surface area contributed by atoms with Crippen LogP contribution in [-0.2, 0) is 27.2 Å². The summed E-state index contributed by atoms with van der Waals surface area (Å²) in [6, 6.07) is 7.79. The molecule has 0 aliphatic carbocycles. The van der Waals surface area contributed by atoms with Crippen LogP contribution in [0.15, 0.2) is 42.1 Å². The Morgan fingerprint density at radius 3 is 2.62 bits per heavy atom. The molecule has 39 heavy (non-hydrogen) atoms. The number of benzene rings is 1. The molecule has 9 nitrogen and oxygen atoms in total. The van der Waals surface area contributed by atoms with Gasteiger partial charge in [0, 0.05) is 41.4 Å². The van der Waals surface area contributed by atoms with Gasteiger partial charge >= 0.3 is 5.97 Å². The maximum atomic E-state index is 13.4. The van der Waals surface area contributed by atoms with Gasteiger partial charge in [-0.2, -0.15) is 0 Å². The van der Waals surface area contributed by atoms with E-state index in [9.17, 15) is 14.7 Å². The highest BCUT2D eigenvalue weighted by atomic mass is 35.5. The lowest BCUT2D eigenvalue weighted by Crippen LogP contribution is -2.36. The minimum atomic E-state index is -1.11. The topological polar surface area (TPSA) is 136 Å². The summed E-state index contributed by atoms with van der Waals surface area (Å²) in [4.78, 5) is 29.6. The van der Waals surface area contributed by atoms with E-state index in [1.165, 1.54) is 17.8 Å². The minimum Gasteiger partial charge on any atom is -0.481 e. The van der Waals surface area contributed by atoms with E-state index in [2.05, 4.69) is 27.0 Å². The lowest BCUT2D eigenvalue weighted by molar-refractivity contribution is -0.137. The third kappa shape index (κ3) is 9.84. The van der Waals surface area contributed by atoms with Crippen molar-refractivity contribution in [2.45, 2.75) is 58.1 Å². The predicted octanol–water partition coefficient (Wildman–Crippen LogP) is 4.93. The molecule has 1 aliphatic heterocycles. The van der Waals surface area contributed by atoms with Crippen molar-refractivity contribution in [2.75, 3.05) is 25.0 Å². The van der Waals surface area contributed by atoms with Crippen molar-refractivity contribution >= 4 is 46.6 Å². The van der Waals surface area contributed by atoms with Gasteiger partial charge in [-0.05, 0) is 69.0 Å². The average molecular weight is 577 g/mol. The van der Waals surface area contributed by atoms with Gasteiger partial charge in [-0.3, -0.25) is 9.59 Å². The number of rotatable bonds is 12. The first-order chi connectivity index (χ1) is 18.4. The van der Waals surface area contributed by atoms with Gasteiger partial charge in [-0.25, -0.2) is 4.98 Å². The summed E-state index contributed by atoms with van der Waals surface area (Å²) in [7, 11) is 0. The van der Waals surface area contributed by atoms with E-state index in [1.54, 1.807) is 12.1 Å². The molecule has 0 saturated heterocycles. The summed E-state index contributed by atoms with van der Waals surface area (Å²) in [5, 5.41) is 27.8. The number of aliphatic carboxylic acids is 1. The molecule has 0 fully saturated rings. The molecule has 1 aromatic heterocycles. The number of carboxylic acids is 1. The second-order valence-electron chi connectivity index (χ2n) is 10.3. The van der Waals surface area contributed by atoms with Crippen molar-refractivity contribution in [3.05, 3.63) is 69.0 Å². The first kappa shape index (κ1) is 30.4. The van der Waals surface area contributed by atoms with Crippen LogP contribution in [0.25, 0.3) is 0 Å². The van der Waals surface area contributed by atoms with Crippen LogP contribution in [0, 0.1) is 5.41 Å². The molecule has 1 unspecified atom stereocenters. The van der Waals surface area contributed by atoms with Crippen LogP contribution in [0.4, 0.5) is 5.82 Å². The molecule has 2 aromatic rings. The highest BCUT2D eigenvalue weighted by Crippen LogP contribution is 2.26. The zero-order chi connectivity index (χ0) is 28.6. The number of nitrogens with zero attached hydrogens (tertiary/aromatic N) is 1. The minimum absolute atomic E-state index is 0.0304. The Balaban J connectivity index is 1.75. The van der Waals surface area contributed by atoms with E-state index in [4.69, 9.17) is 33.3 Å². The maximum absolute atomic E-state index is 13.4. The van der Waals surface area contributed by atoms with Crippen LogP contribution in [0.5, 0.6) is 0 Å². The summed E-state index contributed by atoms with van der Waals surface area (Å²) in [5.41, 5.74) is 2.02. The molecule has 0 bridgehead atoms. The molecule has 1 amide bonds. The Hall–Kier alpha value is -3.14. The number of amides is 1. The molecule has 1 atom stereocenters. The van der Waals surface area contributed by atoms with Gasteiger partial charge in [-0.1, -0.05) is 29.3 Å². The van der Waals surface area contributed by atoms with Crippen LogP contribution in [0.2, 0.25) is 10.0 Å². The van der Waals surface area contributed by atoms with E-state index in [0.29, 0.717) is 28.6 Å². The van der Waals surface area contributed by atoms with E-state index in [-0.39, 0.29) is 17.9 Å². The van der Waals surface area contributed by atoms with E-state index < -0.39 is 29.9 Å². The fraction of sp³-hybridized carbons (Fsp3) is 0.429. The first-order valence-corrected chi connectivity index (χ1v) is 13.5. The molecule has 210 valence electrons. The number of halogens is 2. The number of carbonyl (C=O) groups excluding carboxylic acids is 1. The number of anilines is 1. The molecule has 11 heteroatoms. The van der Waals surface area contributed by atoms with Crippen LogP contribution in [0.1, 0.15) is 56.5 Å². The van der Waals surface area contributed by atoms with Gasteiger partial charge in [0.25, 0.3) is 5.91 Å². The SMILES string of the molecule is CC(C)(C)OCC(=N)/C(=C\NCCc1ccc2c(n1)NCCC2)C(=O)NC(CC(=O)O)c1cc(Cl)cc(Cl)c1. The Labute approximate surface area is 238 Å². The first-order valence-electron chi connectivity index (χ1n) is 12.8. The predicted molar refractivity (Wildman–Crippen MR) is 154 cm³/mol. The second kappa shape index (κ2) is 13.8. The van der Waals surface area contributed by atoms with E-state index in [1.807, 2.05) is 26.8 Å². The standard InChI is InChI=1S/C28H35Cl2N5O4/c1-28(2,3)39-16-23(31)22(15-32-10-8-21-7-6-17-5-4-9-33-26(17)34-21)27(38)35-24(14-25(36)37)18-11-19(29)13-20(30)12-18/h6-7,11-13,15,24,31-32H,4-5,8-10,14,16H2,1-3H3,(H,33,34)(H,35,38)(H,36,37)/b22-15+,31-23?. The van der Waals surface area contributed by atoms with Crippen LogP contribution in [0.3, 0.4) is 0 Å². The number of hydrogen-bond acceptors (Lipinski definition) is 7. The van der Waals surface area contributed by atoms with Gasteiger partial charge in [0.15, 0.2) is 0 Å². The quantitative estimate of drug-likeness (QED) is 0.137. The summed E-state index contributed by atoms with van der Waals surface area (Å²) in [6.07, 6.45) is 3.77. The summed E-state index contributed by atoms with van der Waals surface area (Å²) in [5.74, 6) is -0.817. The average Bonchev–Trinajstić information content (AvgIpc) is 2.85. The van der Waals surface area contributed by atoms with Crippen molar-refractivity contribution in [1.82, 2.24) is 15.6 Å². The van der Waals surface area contributed by atoms with Gasteiger partial charge in [0.1, 0.15) is 5.82 Å². The normalized spacial score (nSPS) is 14.1. The zero-order valence-corrected chi connectivity index (χ0v) is 23.9. The molecule has 3 rings (SSSR count). The van der Waals surface area contributed by atoms with E-state index in [0.717, 1.165) is 30.9 Å². The monoisotopic (exact) mass is 575 g/mol. The number of aromatic nitrogens is 1. The van der Waals surface area contributed by atoms with Crippen LogP contribution >= 0.6 is 23.2 Å². The van der Waals surface area contributed by atoms with Gasteiger partial charge in [-0.15, -0.1) is 0 Å². The van der Waals surface area contributed by atoms with Crippen molar-refractivity contribution < 1.29 is 19.4 Å². The zero-order valence-electron chi connectivity index (χ0n) is 22.4. The molecular weight excluding hydrogens is 541 g/mol. The lowest BCUT2D eigenvalue weighted by Gasteiger charge is -2.22. The molecular formula is C28H35Cl2N5O4. The molecule has 2 heterocycles. The van der Waals surface area contributed by atoms with Gasteiger partial charge in [0.2, 0.25) is 0 Å². The van der Waals surface area contributed by atoms with Crippen molar-refractivity contribution in [3.63, 3.8) is 0 Å². The maximum Gasteiger partial charge on any atom is 0.305 e. The molecule has 0 saturated carbocycles. The number of aryl methyl sites for hydroxylation is 1. The lowest BCUT2D eigenvalue weighted by atomic mass is 10.0. The number of pyridine rings is 1. The highest BCUT2D eigenvalue weighted by Gasteiger charge is 2.24. The Kier molecular flexibility index (Phi) is 10.7. The molecule has 1 aliphatic rings. The number of hydrogen-bond donors (Lipinski definition) is 5. The molecule has 1 aromatic carbocycles. The third-order valence-corrected chi connectivity index (χ3v) is 6.35. The smallest absolute Gasteiger partial charge is 0.305 e. The number of carbonyl (C=O) groups is 2. The van der Waals surface area contributed by atoms with Gasteiger partial charge in [0.05, 0.1) is 36.0 Å². The number of carboxylic acid groups (broad SMARTS) is 1. The molecule has 0 radical (unpaired) electrons. The van der Waals surface area contributed by atoms with E-state index >= 15 is 0 Å². The number of ether oxygens (including phenoxy) is 1. The summed E-state index contributed by atoms with van der Waals surface area (Å²) < 4.78 is 5.72. The summed E-state index contributed by atoms with van der Waals surface area (Å²) >= 11 is 12.2. The fourth-order valence-electron chi connectivity index (χ4n) is 3.98. The highest BCUT2D eigenvalue weighted by molar-refractivity contribution is 6.34. The van der Waals surface area contributed by atoms with Crippen molar-refractivity contribution in [1.29, 1.82) is 5.41 Å². The molecule has 5 N–H and O–H groups in total. The number of fused-ring (bicyclic) bond motifs is 1. The van der Waals surface area contributed by atoms with Crippen LogP contribution in [-0.4, -0.2) is 53.0 Å². The largest absolute Gasteiger partial charge is 0.481 e. The second-order valence-corrected chi connectivity index (χ2v) is 11.2. The Morgan fingerprint density at radius 1 is 1.23 bits per heavy atom. The Morgan fingerprint density at radius 2 is 1.95 bits per heavy atom. The summed E-state index contributed by atoms with van der Waals surface area (Å²) in [6.45, 7) is 6.84. The van der Waals surface area contributed by atoms with Gasteiger partial charge < -0.3 is 31.2 Å². The number of nitrogens with one attached hydrogen (secondary N) is 4.